The summed E-state index contributed by atoms with van der Waals surface area (Å²) in [5.41, 5.74) is 1.05. The molecule has 1 saturated heterocycles. The van der Waals surface area contributed by atoms with Gasteiger partial charge in [0.2, 0.25) is 5.91 Å². The molecule has 0 spiro atoms. The summed E-state index contributed by atoms with van der Waals surface area (Å²) in [4.78, 5) is 51.2. The highest BCUT2D eigenvalue weighted by atomic mass is 32.2. The maximum absolute atomic E-state index is 12.5. The van der Waals surface area contributed by atoms with Gasteiger partial charge in [-0.15, -0.1) is 0 Å². The predicted octanol–water partition coefficient (Wildman–Crippen LogP) is 1.58. The van der Waals surface area contributed by atoms with Gasteiger partial charge in [0.1, 0.15) is 6.54 Å². The number of benzene rings is 1. The number of ether oxygens (including phenoxy) is 1. The molecule has 0 unspecified atom stereocenters. The monoisotopic (exact) mass is 405 g/mol. The first-order valence-corrected chi connectivity index (χ1v) is 9.48. The summed E-state index contributed by atoms with van der Waals surface area (Å²) < 4.78 is 4.63. The van der Waals surface area contributed by atoms with Gasteiger partial charge in [0.25, 0.3) is 11.1 Å². The largest absolute Gasteiger partial charge is 0.465 e. The number of nitrogens with one attached hydrogen (secondary N) is 1. The summed E-state index contributed by atoms with van der Waals surface area (Å²) in [6.07, 6.45) is 2.34. The number of nitrogens with zero attached hydrogens (tertiary/aromatic N) is 2. The van der Waals surface area contributed by atoms with Crippen LogP contribution >= 0.6 is 11.8 Å². The lowest BCUT2D eigenvalue weighted by molar-refractivity contribution is -0.129. The number of hydrogen-bond acceptors (Lipinski definition) is 7. The molecule has 0 radical (unpaired) electrons. The van der Waals surface area contributed by atoms with Crippen LogP contribution < -0.4 is 5.32 Å². The molecule has 1 heterocycles. The Balaban J connectivity index is 1.96. The SMILES string of the molecule is COC(=O)c1ccc(/C=C2\SC(=O)N(CC(=O)NCCCN(C)C)C2=O)cc1. The van der Waals surface area contributed by atoms with Crippen molar-refractivity contribution in [2.24, 2.45) is 0 Å². The van der Waals surface area contributed by atoms with Crippen molar-refractivity contribution in [3.05, 3.63) is 40.3 Å². The van der Waals surface area contributed by atoms with Gasteiger partial charge in [-0.05, 0) is 62.6 Å². The fraction of sp³-hybridized carbons (Fsp3) is 0.368. The third-order valence-electron chi connectivity index (χ3n) is 3.91. The highest BCUT2D eigenvalue weighted by molar-refractivity contribution is 8.18. The molecule has 2 rings (SSSR count). The van der Waals surface area contributed by atoms with Gasteiger partial charge in [-0.1, -0.05) is 12.1 Å². The summed E-state index contributed by atoms with van der Waals surface area (Å²) in [6, 6.07) is 6.45. The number of methoxy groups -OCH3 is 1. The van der Waals surface area contributed by atoms with Crippen molar-refractivity contribution in [2.75, 3.05) is 40.8 Å². The molecular formula is C19H23N3O5S. The summed E-state index contributed by atoms with van der Waals surface area (Å²) in [5.74, 6) is -1.33. The zero-order valence-corrected chi connectivity index (χ0v) is 16.9. The number of carbonyl (C=O) groups is 4. The standard InChI is InChI=1S/C19H23N3O5S/c1-21(2)10-4-9-20-16(23)12-22-17(24)15(28-19(22)26)11-13-5-7-14(8-6-13)18(25)27-3/h5-8,11H,4,9-10,12H2,1-3H3,(H,20,23)/b15-11-. The van der Waals surface area contributed by atoms with Crippen molar-refractivity contribution in [2.45, 2.75) is 6.42 Å². The quantitative estimate of drug-likeness (QED) is 0.398. The van der Waals surface area contributed by atoms with E-state index in [4.69, 9.17) is 0 Å². The van der Waals surface area contributed by atoms with E-state index in [0.29, 0.717) is 17.7 Å². The van der Waals surface area contributed by atoms with E-state index < -0.39 is 17.1 Å². The van der Waals surface area contributed by atoms with Gasteiger partial charge in [-0.3, -0.25) is 19.3 Å². The van der Waals surface area contributed by atoms with Crippen LogP contribution in [0.2, 0.25) is 0 Å². The summed E-state index contributed by atoms with van der Waals surface area (Å²) in [5, 5.41) is 2.23. The highest BCUT2D eigenvalue weighted by Crippen LogP contribution is 2.32. The normalized spacial score (nSPS) is 15.4. The van der Waals surface area contributed by atoms with Crippen LogP contribution in [0, 0.1) is 0 Å². The Morgan fingerprint density at radius 3 is 2.50 bits per heavy atom. The zero-order valence-electron chi connectivity index (χ0n) is 16.1. The Morgan fingerprint density at radius 1 is 1.21 bits per heavy atom. The van der Waals surface area contributed by atoms with Gasteiger partial charge in [0, 0.05) is 6.54 Å². The molecule has 1 fully saturated rings. The summed E-state index contributed by atoms with van der Waals surface area (Å²) in [7, 11) is 5.18. The van der Waals surface area contributed by atoms with E-state index >= 15 is 0 Å². The molecule has 0 bridgehead atoms. The van der Waals surface area contributed by atoms with E-state index in [2.05, 4.69) is 10.1 Å². The molecule has 8 nitrogen and oxygen atoms in total. The van der Waals surface area contributed by atoms with Gasteiger partial charge >= 0.3 is 5.97 Å². The zero-order chi connectivity index (χ0) is 20.7. The maximum Gasteiger partial charge on any atom is 0.337 e. The number of carbonyl (C=O) groups excluding carboxylic acids is 4. The molecule has 0 atom stereocenters. The molecule has 1 aromatic carbocycles. The maximum atomic E-state index is 12.5. The molecule has 150 valence electrons. The van der Waals surface area contributed by atoms with E-state index in [1.54, 1.807) is 30.3 Å². The van der Waals surface area contributed by atoms with E-state index in [1.165, 1.54) is 7.11 Å². The molecule has 9 heteroatoms. The fourth-order valence-corrected chi connectivity index (χ4v) is 3.28. The number of imide groups is 1. The number of esters is 1. The molecule has 1 aromatic rings. The van der Waals surface area contributed by atoms with Crippen molar-refractivity contribution in [1.82, 2.24) is 15.1 Å². The van der Waals surface area contributed by atoms with Crippen LogP contribution in [0.3, 0.4) is 0 Å². The van der Waals surface area contributed by atoms with E-state index in [9.17, 15) is 19.2 Å². The fourth-order valence-electron chi connectivity index (χ4n) is 2.44. The van der Waals surface area contributed by atoms with Crippen LogP contribution in [0.4, 0.5) is 4.79 Å². The van der Waals surface area contributed by atoms with Crippen LogP contribution in [-0.2, 0) is 14.3 Å². The van der Waals surface area contributed by atoms with Crippen molar-refractivity contribution >= 4 is 40.9 Å². The third kappa shape index (κ3) is 5.93. The Kier molecular flexibility index (Phi) is 7.77. The molecule has 1 aliphatic heterocycles. The smallest absolute Gasteiger partial charge is 0.337 e. The molecule has 0 aromatic heterocycles. The average Bonchev–Trinajstić information content (AvgIpc) is 2.92. The van der Waals surface area contributed by atoms with Crippen molar-refractivity contribution in [1.29, 1.82) is 0 Å². The van der Waals surface area contributed by atoms with Crippen molar-refractivity contribution < 1.29 is 23.9 Å². The van der Waals surface area contributed by atoms with Crippen LogP contribution in [0.15, 0.2) is 29.2 Å². The van der Waals surface area contributed by atoms with E-state index in [0.717, 1.165) is 29.6 Å². The number of thioether (sulfide) groups is 1. The van der Waals surface area contributed by atoms with Gasteiger partial charge in [0.15, 0.2) is 0 Å². The molecule has 1 N–H and O–H groups in total. The van der Waals surface area contributed by atoms with Crippen LogP contribution in [-0.4, -0.2) is 73.7 Å². The minimum absolute atomic E-state index is 0.233. The molecule has 28 heavy (non-hydrogen) atoms. The Labute approximate surface area is 167 Å². The van der Waals surface area contributed by atoms with Crippen LogP contribution in [0.5, 0.6) is 0 Å². The van der Waals surface area contributed by atoms with Gasteiger partial charge in [0.05, 0.1) is 17.6 Å². The lowest BCUT2D eigenvalue weighted by atomic mass is 10.1. The number of hydrogen-bond donors (Lipinski definition) is 1. The van der Waals surface area contributed by atoms with E-state index in [-0.39, 0.29) is 17.4 Å². The first-order valence-electron chi connectivity index (χ1n) is 8.67. The predicted molar refractivity (Wildman–Crippen MR) is 107 cm³/mol. The lowest BCUT2D eigenvalue weighted by Gasteiger charge is -2.13. The third-order valence-corrected chi connectivity index (χ3v) is 4.82. The highest BCUT2D eigenvalue weighted by Gasteiger charge is 2.36. The van der Waals surface area contributed by atoms with Gasteiger partial charge in [-0.2, -0.15) is 0 Å². The first kappa shape index (κ1) is 21.6. The van der Waals surface area contributed by atoms with Crippen molar-refractivity contribution in [3.8, 4) is 0 Å². The summed E-state index contributed by atoms with van der Waals surface area (Å²) in [6.45, 7) is 1.01. The molecule has 1 aliphatic rings. The van der Waals surface area contributed by atoms with Crippen molar-refractivity contribution in [3.63, 3.8) is 0 Å². The minimum Gasteiger partial charge on any atom is -0.465 e. The second-order valence-electron chi connectivity index (χ2n) is 6.39. The number of amides is 3. The number of rotatable bonds is 8. The first-order chi connectivity index (χ1) is 13.3. The van der Waals surface area contributed by atoms with Crippen LogP contribution in [0.25, 0.3) is 6.08 Å². The molecular weight excluding hydrogens is 382 g/mol. The molecule has 0 aliphatic carbocycles. The summed E-state index contributed by atoms with van der Waals surface area (Å²) >= 11 is 0.786. The molecule has 0 saturated carbocycles. The van der Waals surface area contributed by atoms with Gasteiger partial charge < -0.3 is 15.0 Å². The van der Waals surface area contributed by atoms with Gasteiger partial charge in [-0.25, -0.2) is 4.79 Å². The second-order valence-corrected chi connectivity index (χ2v) is 7.38. The lowest BCUT2D eigenvalue weighted by Crippen LogP contribution is -2.40. The second kappa shape index (κ2) is 10.0. The Bertz CT molecular complexity index is 789. The van der Waals surface area contributed by atoms with E-state index in [1.807, 2.05) is 19.0 Å². The average molecular weight is 405 g/mol. The van der Waals surface area contributed by atoms with Crippen LogP contribution in [0.1, 0.15) is 22.3 Å². The Hall–Kier alpha value is -2.65. The molecule has 3 amide bonds. The Morgan fingerprint density at radius 2 is 1.89 bits per heavy atom. The minimum atomic E-state index is -0.504. The topological polar surface area (TPSA) is 96.0 Å².